The summed E-state index contributed by atoms with van der Waals surface area (Å²) in [6.45, 7) is 1.07. The van der Waals surface area contributed by atoms with E-state index in [2.05, 4.69) is 10.6 Å². The number of piperazine rings is 1. The number of amides is 3. The molecule has 2 aromatic carbocycles. The van der Waals surface area contributed by atoms with Gasteiger partial charge in [0.1, 0.15) is 16.7 Å². The molecule has 7 nitrogen and oxygen atoms in total. The quantitative estimate of drug-likeness (QED) is 0.562. The molecule has 0 atom stereocenters. The number of carbonyl (C=O) groups excluding carboxylic acids is 3. The lowest BCUT2D eigenvalue weighted by Crippen LogP contribution is -2.51. The van der Waals surface area contributed by atoms with E-state index in [9.17, 15) is 23.2 Å². The summed E-state index contributed by atoms with van der Waals surface area (Å²) in [5, 5.41) is 4.69. The lowest BCUT2D eigenvalue weighted by molar-refractivity contribution is -0.143. The normalized spacial score (nSPS) is 15.6. The van der Waals surface area contributed by atoms with E-state index in [0.29, 0.717) is 30.2 Å². The predicted octanol–water partition coefficient (Wildman–Crippen LogP) is 2.40. The fourth-order valence-electron chi connectivity index (χ4n) is 3.53. The molecule has 0 spiro atoms. The van der Waals surface area contributed by atoms with Gasteiger partial charge in [-0.15, -0.1) is 0 Å². The number of fused-ring (bicyclic) bond motifs is 1. The van der Waals surface area contributed by atoms with Crippen molar-refractivity contribution in [3.05, 3.63) is 52.6 Å². The summed E-state index contributed by atoms with van der Waals surface area (Å²) in [4.78, 5) is 39.3. The van der Waals surface area contributed by atoms with Gasteiger partial charge in [0.2, 0.25) is 5.91 Å². The summed E-state index contributed by atoms with van der Waals surface area (Å²) in [5.41, 5.74) is 2.19. The summed E-state index contributed by atoms with van der Waals surface area (Å²) >= 11 is 5.51. The van der Waals surface area contributed by atoms with Crippen LogP contribution in [-0.4, -0.2) is 48.8 Å². The zero-order valence-electron chi connectivity index (χ0n) is 15.7. The van der Waals surface area contributed by atoms with Gasteiger partial charge >= 0.3 is 11.8 Å². The van der Waals surface area contributed by atoms with Gasteiger partial charge in [0, 0.05) is 43.2 Å². The second kappa shape index (κ2) is 7.91. The standard InChI is InChI=1S/C20H17ClF2N4O3/c21-18-14(22)9-13(10-15(18)23)26-3-5-27(6-4-26)20(30)19(29)24-12-1-2-16-11(7-12)8-17(28)25-16/h1-2,7,9-10H,3-6,8H2,(H,24,29)(H,25,28). The minimum atomic E-state index is -0.851. The maximum atomic E-state index is 13.7. The number of benzene rings is 2. The number of rotatable bonds is 2. The van der Waals surface area contributed by atoms with Crippen LogP contribution in [0.3, 0.4) is 0 Å². The van der Waals surface area contributed by atoms with Gasteiger partial charge < -0.3 is 20.4 Å². The third-order valence-corrected chi connectivity index (χ3v) is 5.44. The van der Waals surface area contributed by atoms with E-state index in [0.717, 1.165) is 17.7 Å². The molecule has 0 saturated carbocycles. The Kier molecular flexibility index (Phi) is 5.29. The van der Waals surface area contributed by atoms with Gasteiger partial charge in [-0.2, -0.15) is 0 Å². The van der Waals surface area contributed by atoms with Crippen molar-refractivity contribution in [2.45, 2.75) is 6.42 Å². The van der Waals surface area contributed by atoms with Crippen LogP contribution in [0.15, 0.2) is 30.3 Å². The molecule has 2 aliphatic heterocycles. The second-order valence-electron chi connectivity index (χ2n) is 7.05. The Morgan fingerprint density at radius 1 is 1.03 bits per heavy atom. The molecule has 0 aromatic heterocycles. The Hall–Kier alpha value is -3.20. The predicted molar refractivity (Wildman–Crippen MR) is 108 cm³/mol. The highest BCUT2D eigenvalue weighted by molar-refractivity contribution is 6.39. The third-order valence-electron chi connectivity index (χ3n) is 5.08. The zero-order chi connectivity index (χ0) is 21.4. The fourth-order valence-corrected chi connectivity index (χ4v) is 3.64. The highest BCUT2D eigenvalue weighted by atomic mass is 35.5. The molecule has 2 aliphatic rings. The zero-order valence-corrected chi connectivity index (χ0v) is 16.4. The van der Waals surface area contributed by atoms with Crippen molar-refractivity contribution in [3.63, 3.8) is 0 Å². The molecule has 0 aliphatic carbocycles. The number of nitrogens with zero attached hydrogens (tertiary/aromatic N) is 2. The Morgan fingerprint density at radius 2 is 1.70 bits per heavy atom. The number of halogens is 3. The Labute approximate surface area is 175 Å². The maximum absolute atomic E-state index is 13.7. The van der Waals surface area contributed by atoms with Gasteiger partial charge in [-0.1, -0.05) is 11.6 Å². The van der Waals surface area contributed by atoms with Crippen molar-refractivity contribution in [2.24, 2.45) is 0 Å². The van der Waals surface area contributed by atoms with Crippen LogP contribution in [0.25, 0.3) is 0 Å². The first-order valence-corrected chi connectivity index (χ1v) is 9.62. The molecule has 4 rings (SSSR count). The first kappa shape index (κ1) is 20.1. The van der Waals surface area contributed by atoms with E-state index < -0.39 is 28.5 Å². The van der Waals surface area contributed by atoms with Gasteiger partial charge in [0.25, 0.3) is 0 Å². The highest BCUT2D eigenvalue weighted by Gasteiger charge is 2.27. The van der Waals surface area contributed by atoms with Gasteiger partial charge in [-0.3, -0.25) is 14.4 Å². The second-order valence-corrected chi connectivity index (χ2v) is 7.43. The summed E-state index contributed by atoms with van der Waals surface area (Å²) in [6.07, 6.45) is 0.223. The summed E-state index contributed by atoms with van der Waals surface area (Å²) < 4.78 is 27.4. The van der Waals surface area contributed by atoms with Crippen LogP contribution in [0.4, 0.5) is 25.8 Å². The molecule has 156 valence electrons. The van der Waals surface area contributed by atoms with E-state index in [4.69, 9.17) is 11.6 Å². The minimum Gasteiger partial charge on any atom is -0.368 e. The summed E-state index contributed by atoms with van der Waals surface area (Å²) in [6, 6.07) is 7.22. The molecular formula is C20H17ClF2N4O3. The van der Waals surface area contributed by atoms with E-state index >= 15 is 0 Å². The molecule has 1 fully saturated rings. The fraction of sp³-hybridized carbons (Fsp3) is 0.250. The van der Waals surface area contributed by atoms with Crippen LogP contribution in [0, 0.1) is 11.6 Å². The average molecular weight is 435 g/mol. The van der Waals surface area contributed by atoms with Crippen molar-refractivity contribution >= 4 is 46.4 Å². The lowest BCUT2D eigenvalue weighted by atomic mass is 10.1. The maximum Gasteiger partial charge on any atom is 0.313 e. The number of hydrogen-bond acceptors (Lipinski definition) is 4. The number of hydrogen-bond donors (Lipinski definition) is 2. The Bertz CT molecular complexity index is 1030. The van der Waals surface area contributed by atoms with Crippen LogP contribution >= 0.6 is 11.6 Å². The molecule has 10 heteroatoms. The van der Waals surface area contributed by atoms with Crippen molar-refractivity contribution in [2.75, 3.05) is 41.7 Å². The molecule has 0 unspecified atom stereocenters. The molecule has 0 bridgehead atoms. The van der Waals surface area contributed by atoms with Gasteiger partial charge in [-0.05, 0) is 35.9 Å². The topological polar surface area (TPSA) is 81.8 Å². The van der Waals surface area contributed by atoms with Gasteiger partial charge in [-0.25, -0.2) is 8.78 Å². The van der Waals surface area contributed by atoms with Crippen LogP contribution in [0.1, 0.15) is 5.56 Å². The van der Waals surface area contributed by atoms with Crippen molar-refractivity contribution < 1.29 is 23.2 Å². The van der Waals surface area contributed by atoms with Crippen LogP contribution in [-0.2, 0) is 20.8 Å². The van der Waals surface area contributed by atoms with E-state index in [-0.39, 0.29) is 25.4 Å². The van der Waals surface area contributed by atoms with E-state index in [1.807, 2.05) is 0 Å². The monoisotopic (exact) mass is 434 g/mol. The Balaban J connectivity index is 1.36. The minimum absolute atomic E-state index is 0.122. The molecule has 3 amide bonds. The summed E-state index contributed by atoms with van der Waals surface area (Å²) in [5.74, 6) is -3.31. The molecule has 30 heavy (non-hydrogen) atoms. The van der Waals surface area contributed by atoms with Crippen LogP contribution in [0.2, 0.25) is 5.02 Å². The number of nitrogens with one attached hydrogen (secondary N) is 2. The average Bonchev–Trinajstić information content (AvgIpc) is 3.10. The van der Waals surface area contributed by atoms with E-state index in [1.54, 1.807) is 23.1 Å². The highest BCUT2D eigenvalue weighted by Crippen LogP contribution is 2.27. The third kappa shape index (κ3) is 3.93. The van der Waals surface area contributed by atoms with Gasteiger partial charge in [0.05, 0.1) is 6.42 Å². The first-order valence-electron chi connectivity index (χ1n) is 9.24. The largest absolute Gasteiger partial charge is 0.368 e. The lowest BCUT2D eigenvalue weighted by Gasteiger charge is -2.35. The number of carbonyl (C=O) groups is 3. The molecular weight excluding hydrogens is 418 g/mol. The summed E-state index contributed by atoms with van der Waals surface area (Å²) in [7, 11) is 0. The number of anilines is 3. The van der Waals surface area contributed by atoms with E-state index in [1.165, 1.54) is 4.90 Å². The van der Waals surface area contributed by atoms with Gasteiger partial charge in [0.15, 0.2) is 0 Å². The molecule has 2 heterocycles. The SMILES string of the molecule is O=C1Cc2cc(NC(=O)C(=O)N3CCN(c4cc(F)c(Cl)c(F)c4)CC3)ccc2N1. The Morgan fingerprint density at radius 3 is 2.37 bits per heavy atom. The van der Waals surface area contributed by atoms with Crippen LogP contribution in [0.5, 0.6) is 0 Å². The van der Waals surface area contributed by atoms with Crippen LogP contribution < -0.4 is 15.5 Å². The van der Waals surface area contributed by atoms with Crippen molar-refractivity contribution in [1.29, 1.82) is 0 Å². The molecule has 2 N–H and O–H groups in total. The molecule has 0 radical (unpaired) electrons. The molecule has 1 saturated heterocycles. The smallest absolute Gasteiger partial charge is 0.313 e. The molecule has 2 aromatic rings. The van der Waals surface area contributed by atoms with Crippen molar-refractivity contribution in [1.82, 2.24) is 4.90 Å². The van der Waals surface area contributed by atoms with Crippen molar-refractivity contribution in [3.8, 4) is 0 Å². The first-order chi connectivity index (χ1) is 14.3.